The normalized spacial score (nSPS) is 20.7. The summed E-state index contributed by atoms with van der Waals surface area (Å²) >= 11 is 0. The predicted molar refractivity (Wildman–Crippen MR) is 91.8 cm³/mol. The Labute approximate surface area is 138 Å². The maximum Gasteiger partial charge on any atom is 0.321 e. The van der Waals surface area contributed by atoms with Gasteiger partial charge in [-0.15, -0.1) is 0 Å². The molecule has 3 atom stereocenters. The first kappa shape index (κ1) is 17.6. The molecule has 1 aromatic carbocycles. The number of carbonyl (C=O) groups is 1. The number of aliphatic hydroxyl groups excluding tert-OH is 1. The van der Waals surface area contributed by atoms with Gasteiger partial charge in [-0.2, -0.15) is 0 Å². The molecule has 5 nitrogen and oxygen atoms in total. The zero-order valence-corrected chi connectivity index (χ0v) is 14.3. The van der Waals surface area contributed by atoms with E-state index in [0.29, 0.717) is 6.54 Å². The number of urea groups is 1. The summed E-state index contributed by atoms with van der Waals surface area (Å²) in [6.45, 7) is 7.26. The van der Waals surface area contributed by atoms with Crippen molar-refractivity contribution >= 4 is 11.7 Å². The van der Waals surface area contributed by atoms with Gasteiger partial charge in [-0.3, -0.25) is 0 Å². The van der Waals surface area contributed by atoms with E-state index < -0.39 is 0 Å². The fourth-order valence-electron chi connectivity index (χ4n) is 2.72. The maximum atomic E-state index is 12.3. The fraction of sp³-hybridized carbons (Fsp3) is 0.611. The van der Waals surface area contributed by atoms with Gasteiger partial charge < -0.3 is 20.1 Å². The van der Waals surface area contributed by atoms with E-state index >= 15 is 0 Å². The van der Waals surface area contributed by atoms with E-state index in [9.17, 15) is 9.90 Å². The zero-order chi connectivity index (χ0) is 16.8. The van der Waals surface area contributed by atoms with Crippen molar-refractivity contribution in [3.8, 4) is 5.75 Å². The predicted octanol–water partition coefficient (Wildman–Crippen LogP) is 3.49. The number of rotatable bonds is 5. The molecule has 5 heteroatoms. The molecule has 1 fully saturated rings. The van der Waals surface area contributed by atoms with Gasteiger partial charge in [0.25, 0.3) is 0 Å². The van der Waals surface area contributed by atoms with Crippen LogP contribution >= 0.6 is 0 Å². The van der Waals surface area contributed by atoms with Crippen LogP contribution in [0.1, 0.15) is 40.0 Å². The van der Waals surface area contributed by atoms with Crippen molar-refractivity contribution < 1.29 is 14.6 Å². The van der Waals surface area contributed by atoms with Crippen molar-refractivity contribution in [1.82, 2.24) is 4.90 Å². The summed E-state index contributed by atoms with van der Waals surface area (Å²) < 4.78 is 5.73. The molecule has 0 saturated carbocycles. The third-order valence-electron chi connectivity index (χ3n) is 4.45. The molecule has 2 amide bonds. The maximum absolute atomic E-state index is 12.3. The van der Waals surface area contributed by atoms with Crippen molar-refractivity contribution in [2.75, 3.05) is 18.4 Å². The Kier molecular flexibility index (Phi) is 6.28. The van der Waals surface area contributed by atoms with Crippen molar-refractivity contribution in [2.24, 2.45) is 5.92 Å². The van der Waals surface area contributed by atoms with Gasteiger partial charge in [-0.05, 0) is 57.4 Å². The first-order chi connectivity index (χ1) is 11.0. The standard InChI is InChI=1S/C18H28N2O3/c1-4-13(2)23-17-9-7-16(8-10-17)19-18(22)20-11-5-6-15(12-20)14(3)21/h7-10,13-15,21H,4-6,11-12H2,1-3H3,(H,19,22). The minimum absolute atomic E-state index is 0.106. The quantitative estimate of drug-likeness (QED) is 0.873. The van der Waals surface area contributed by atoms with E-state index in [-0.39, 0.29) is 24.2 Å². The molecule has 0 spiro atoms. The smallest absolute Gasteiger partial charge is 0.321 e. The number of hydrogen-bond acceptors (Lipinski definition) is 3. The van der Waals surface area contributed by atoms with E-state index in [1.165, 1.54) is 0 Å². The molecule has 0 aromatic heterocycles. The van der Waals surface area contributed by atoms with Crippen LogP contribution in [0.15, 0.2) is 24.3 Å². The number of nitrogens with one attached hydrogen (secondary N) is 1. The number of piperidine rings is 1. The number of benzene rings is 1. The SMILES string of the molecule is CCC(C)Oc1ccc(NC(=O)N2CCCC(C(C)O)C2)cc1. The average Bonchev–Trinajstić information content (AvgIpc) is 2.56. The molecule has 1 aromatic rings. The third-order valence-corrected chi connectivity index (χ3v) is 4.45. The molecular weight excluding hydrogens is 292 g/mol. The number of hydrogen-bond donors (Lipinski definition) is 2. The zero-order valence-electron chi connectivity index (χ0n) is 14.3. The number of nitrogens with zero attached hydrogens (tertiary/aromatic N) is 1. The lowest BCUT2D eigenvalue weighted by atomic mass is 9.94. The van der Waals surface area contributed by atoms with Gasteiger partial charge in [0.1, 0.15) is 5.75 Å². The summed E-state index contributed by atoms with van der Waals surface area (Å²) in [5.74, 6) is 0.977. The summed E-state index contributed by atoms with van der Waals surface area (Å²) in [6, 6.07) is 7.34. The van der Waals surface area contributed by atoms with Crippen LogP contribution in [-0.2, 0) is 0 Å². The topological polar surface area (TPSA) is 61.8 Å². The number of ether oxygens (including phenoxy) is 1. The van der Waals surface area contributed by atoms with Crippen LogP contribution in [0.25, 0.3) is 0 Å². The second-order valence-electron chi connectivity index (χ2n) is 6.38. The highest BCUT2D eigenvalue weighted by Gasteiger charge is 2.26. The van der Waals surface area contributed by atoms with Crippen LogP contribution in [0.5, 0.6) is 5.75 Å². The molecule has 2 N–H and O–H groups in total. The summed E-state index contributed by atoms with van der Waals surface area (Å²) in [4.78, 5) is 14.1. The van der Waals surface area contributed by atoms with Gasteiger partial charge in [-0.1, -0.05) is 6.92 Å². The van der Waals surface area contributed by atoms with Gasteiger partial charge in [0.05, 0.1) is 12.2 Å². The van der Waals surface area contributed by atoms with Crippen LogP contribution in [0.4, 0.5) is 10.5 Å². The lowest BCUT2D eigenvalue weighted by Crippen LogP contribution is -2.44. The molecule has 3 unspecified atom stereocenters. The van der Waals surface area contributed by atoms with Gasteiger partial charge in [0.15, 0.2) is 0 Å². The van der Waals surface area contributed by atoms with E-state index in [1.807, 2.05) is 31.2 Å². The van der Waals surface area contributed by atoms with Crippen LogP contribution in [0, 0.1) is 5.92 Å². The number of amides is 2. The molecule has 1 aliphatic rings. The van der Waals surface area contributed by atoms with Gasteiger partial charge >= 0.3 is 6.03 Å². The number of likely N-dealkylation sites (tertiary alicyclic amines) is 1. The Morgan fingerprint density at radius 3 is 2.70 bits per heavy atom. The second-order valence-corrected chi connectivity index (χ2v) is 6.38. The van der Waals surface area contributed by atoms with Crippen LogP contribution in [-0.4, -0.2) is 41.3 Å². The Balaban J connectivity index is 1.89. The fourth-order valence-corrected chi connectivity index (χ4v) is 2.72. The lowest BCUT2D eigenvalue weighted by Gasteiger charge is -2.34. The summed E-state index contributed by atoms with van der Waals surface area (Å²) in [5.41, 5.74) is 0.755. The summed E-state index contributed by atoms with van der Waals surface area (Å²) in [7, 11) is 0. The van der Waals surface area contributed by atoms with E-state index in [2.05, 4.69) is 12.2 Å². The Bertz CT molecular complexity index is 501. The first-order valence-electron chi connectivity index (χ1n) is 8.50. The highest BCUT2D eigenvalue weighted by atomic mass is 16.5. The Hall–Kier alpha value is -1.75. The highest BCUT2D eigenvalue weighted by Crippen LogP contribution is 2.22. The number of aliphatic hydroxyl groups is 1. The van der Waals surface area contributed by atoms with Crippen molar-refractivity contribution in [2.45, 2.75) is 52.2 Å². The molecule has 1 heterocycles. The van der Waals surface area contributed by atoms with E-state index in [1.54, 1.807) is 11.8 Å². The van der Waals surface area contributed by atoms with E-state index in [0.717, 1.165) is 37.2 Å². The minimum atomic E-state index is -0.373. The van der Waals surface area contributed by atoms with Crippen LogP contribution < -0.4 is 10.1 Å². The third kappa shape index (κ3) is 5.13. The molecule has 128 valence electrons. The molecule has 0 aliphatic carbocycles. The van der Waals surface area contributed by atoms with Crippen molar-refractivity contribution in [3.63, 3.8) is 0 Å². The molecule has 23 heavy (non-hydrogen) atoms. The molecular formula is C18H28N2O3. The molecule has 1 aliphatic heterocycles. The molecule has 1 saturated heterocycles. The molecule has 0 bridgehead atoms. The summed E-state index contributed by atoms with van der Waals surface area (Å²) in [6.07, 6.45) is 2.68. The van der Waals surface area contributed by atoms with Gasteiger partial charge in [0.2, 0.25) is 0 Å². The van der Waals surface area contributed by atoms with E-state index in [4.69, 9.17) is 4.74 Å². The Morgan fingerprint density at radius 1 is 1.39 bits per heavy atom. The number of carbonyl (C=O) groups excluding carboxylic acids is 1. The second kappa shape index (κ2) is 8.20. The monoisotopic (exact) mass is 320 g/mol. The Morgan fingerprint density at radius 2 is 2.09 bits per heavy atom. The van der Waals surface area contributed by atoms with Crippen molar-refractivity contribution in [1.29, 1.82) is 0 Å². The van der Waals surface area contributed by atoms with Gasteiger partial charge in [-0.25, -0.2) is 4.79 Å². The largest absolute Gasteiger partial charge is 0.491 e. The lowest BCUT2D eigenvalue weighted by molar-refractivity contribution is 0.0766. The summed E-state index contributed by atoms with van der Waals surface area (Å²) in [5, 5.41) is 12.6. The molecule has 0 radical (unpaired) electrons. The average molecular weight is 320 g/mol. The van der Waals surface area contributed by atoms with Crippen molar-refractivity contribution in [3.05, 3.63) is 24.3 Å². The van der Waals surface area contributed by atoms with Crippen LogP contribution in [0.3, 0.4) is 0 Å². The minimum Gasteiger partial charge on any atom is -0.491 e. The van der Waals surface area contributed by atoms with Crippen LogP contribution in [0.2, 0.25) is 0 Å². The highest BCUT2D eigenvalue weighted by molar-refractivity contribution is 5.89. The molecule has 2 rings (SSSR count). The first-order valence-corrected chi connectivity index (χ1v) is 8.50. The van der Waals surface area contributed by atoms with Gasteiger partial charge in [0, 0.05) is 24.7 Å². The number of anilines is 1.